The molecular formula is C14H15N3S. The summed E-state index contributed by atoms with van der Waals surface area (Å²) in [5, 5.41) is 13.2. The number of anilines is 2. The van der Waals surface area contributed by atoms with Gasteiger partial charge in [-0.1, -0.05) is 13.0 Å². The van der Waals surface area contributed by atoms with Crippen LogP contribution < -0.4 is 5.32 Å². The lowest BCUT2D eigenvalue weighted by Crippen LogP contribution is -1.93. The third-order valence-corrected chi connectivity index (χ3v) is 3.81. The number of benzene rings is 1. The van der Waals surface area contributed by atoms with Crippen molar-refractivity contribution in [2.24, 2.45) is 0 Å². The second-order valence-corrected chi connectivity index (χ2v) is 4.98. The number of aromatic nitrogens is 1. The average molecular weight is 257 g/mol. The average Bonchev–Trinajstić information content (AvgIpc) is 2.70. The predicted molar refractivity (Wildman–Crippen MR) is 75.4 cm³/mol. The van der Waals surface area contributed by atoms with E-state index in [1.807, 2.05) is 13.0 Å². The smallest absolute Gasteiger partial charge is 0.132 e. The molecule has 0 saturated heterocycles. The number of nitriles is 1. The highest BCUT2D eigenvalue weighted by Gasteiger charge is 2.10. The second kappa shape index (κ2) is 5.19. The van der Waals surface area contributed by atoms with E-state index in [1.165, 1.54) is 22.7 Å². The molecule has 0 aliphatic heterocycles. The molecule has 0 fully saturated rings. The fourth-order valence-corrected chi connectivity index (χ4v) is 2.66. The summed E-state index contributed by atoms with van der Waals surface area (Å²) >= 11 is 1.33. The monoisotopic (exact) mass is 257 g/mol. The number of hydrogen-bond acceptors (Lipinski definition) is 4. The highest BCUT2D eigenvalue weighted by Crippen LogP contribution is 2.28. The summed E-state index contributed by atoms with van der Waals surface area (Å²) in [4.78, 5) is 0. The topological polar surface area (TPSA) is 48.7 Å². The van der Waals surface area contributed by atoms with E-state index < -0.39 is 0 Å². The summed E-state index contributed by atoms with van der Waals surface area (Å²) in [6, 6.07) is 8.46. The van der Waals surface area contributed by atoms with Gasteiger partial charge in [0.1, 0.15) is 16.6 Å². The van der Waals surface area contributed by atoms with Crippen molar-refractivity contribution in [1.29, 1.82) is 5.26 Å². The van der Waals surface area contributed by atoms with Crippen LogP contribution in [0.25, 0.3) is 0 Å². The van der Waals surface area contributed by atoms with Gasteiger partial charge in [-0.05, 0) is 55.1 Å². The van der Waals surface area contributed by atoms with Crippen LogP contribution in [0.1, 0.15) is 29.3 Å². The molecular weight excluding hydrogens is 242 g/mol. The third kappa shape index (κ3) is 2.36. The molecule has 0 spiro atoms. The van der Waals surface area contributed by atoms with Gasteiger partial charge in [-0.3, -0.25) is 0 Å². The van der Waals surface area contributed by atoms with Gasteiger partial charge in [-0.15, -0.1) is 0 Å². The van der Waals surface area contributed by atoms with Crippen LogP contribution in [0.4, 0.5) is 10.7 Å². The van der Waals surface area contributed by atoms with Crippen molar-refractivity contribution in [1.82, 2.24) is 4.37 Å². The number of rotatable bonds is 3. The summed E-state index contributed by atoms with van der Waals surface area (Å²) in [7, 11) is 0. The second-order valence-electron chi connectivity index (χ2n) is 4.20. The van der Waals surface area contributed by atoms with Gasteiger partial charge < -0.3 is 5.32 Å². The van der Waals surface area contributed by atoms with E-state index in [-0.39, 0.29) is 0 Å². The molecule has 3 nitrogen and oxygen atoms in total. The van der Waals surface area contributed by atoms with Crippen LogP contribution in [0, 0.1) is 25.2 Å². The van der Waals surface area contributed by atoms with E-state index in [0.29, 0.717) is 5.56 Å². The Balaban J connectivity index is 2.29. The molecule has 4 heteroatoms. The van der Waals surface area contributed by atoms with Crippen LogP contribution >= 0.6 is 11.5 Å². The number of aryl methyl sites for hydroxylation is 3. The van der Waals surface area contributed by atoms with Crippen LogP contribution in [0.5, 0.6) is 0 Å². The molecule has 18 heavy (non-hydrogen) atoms. The van der Waals surface area contributed by atoms with E-state index in [1.54, 1.807) is 0 Å². The Morgan fingerprint density at radius 2 is 2.17 bits per heavy atom. The standard InChI is InChI=1S/C14H15N3S/c1-4-11-5-6-12(7-9(11)2)16-14-13(8-15)10(3)17-18-14/h5-7,16H,4H2,1-3H3. The van der Waals surface area contributed by atoms with E-state index in [0.717, 1.165) is 22.8 Å². The molecule has 2 aromatic rings. The fourth-order valence-electron chi connectivity index (χ4n) is 1.89. The molecule has 0 aliphatic rings. The Morgan fingerprint density at radius 3 is 2.78 bits per heavy atom. The van der Waals surface area contributed by atoms with Crippen molar-refractivity contribution in [3.63, 3.8) is 0 Å². The van der Waals surface area contributed by atoms with Gasteiger partial charge in [0.25, 0.3) is 0 Å². The molecule has 0 unspecified atom stereocenters. The Kier molecular flexibility index (Phi) is 3.63. The first-order valence-electron chi connectivity index (χ1n) is 5.88. The number of nitrogens with one attached hydrogen (secondary N) is 1. The van der Waals surface area contributed by atoms with Gasteiger partial charge in [0.05, 0.1) is 5.69 Å². The Labute approximate surface area is 111 Å². The fraction of sp³-hybridized carbons (Fsp3) is 0.286. The van der Waals surface area contributed by atoms with Gasteiger partial charge in [0, 0.05) is 5.69 Å². The van der Waals surface area contributed by atoms with Gasteiger partial charge in [0.2, 0.25) is 0 Å². The Hall–Kier alpha value is -1.86. The molecule has 0 bridgehead atoms. The van der Waals surface area contributed by atoms with Crippen molar-refractivity contribution < 1.29 is 0 Å². The Morgan fingerprint density at radius 1 is 1.39 bits per heavy atom. The zero-order chi connectivity index (χ0) is 13.1. The van der Waals surface area contributed by atoms with Crippen molar-refractivity contribution in [2.45, 2.75) is 27.2 Å². The minimum Gasteiger partial charge on any atom is -0.345 e. The lowest BCUT2D eigenvalue weighted by atomic mass is 10.1. The van der Waals surface area contributed by atoms with Crippen LogP contribution in [0.15, 0.2) is 18.2 Å². The molecule has 1 heterocycles. The van der Waals surface area contributed by atoms with E-state index in [2.05, 4.69) is 41.7 Å². The van der Waals surface area contributed by atoms with E-state index in [4.69, 9.17) is 5.26 Å². The minimum absolute atomic E-state index is 0.636. The molecule has 92 valence electrons. The molecule has 0 aliphatic carbocycles. The Bertz CT molecular complexity index is 608. The van der Waals surface area contributed by atoms with Crippen molar-refractivity contribution >= 4 is 22.2 Å². The number of hydrogen-bond donors (Lipinski definition) is 1. The highest BCUT2D eigenvalue weighted by molar-refractivity contribution is 7.10. The molecule has 2 rings (SSSR count). The van der Waals surface area contributed by atoms with Gasteiger partial charge in [-0.2, -0.15) is 9.64 Å². The van der Waals surface area contributed by atoms with Crippen molar-refractivity contribution in [3.05, 3.63) is 40.6 Å². The molecule has 1 aromatic carbocycles. The lowest BCUT2D eigenvalue weighted by molar-refractivity contribution is 1.11. The third-order valence-electron chi connectivity index (χ3n) is 2.96. The summed E-state index contributed by atoms with van der Waals surface area (Å²) in [6.45, 7) is 6.11. The normalized spacial score (nSPS) is 10.1. The van der Waals surface area contributed by atoms with Crippen LogP contribution in [0.2, 0.25) is 0 Å². The van der Waals surface area contributed by atoms with Crippen LogP contribution in [-0.4, -0.2) is 4.37 Å². The molecule has 0 radical (unpaired) electrons. The van der Waals surface area contributed by atoms with E-state index >= 15 is 0 Å². The minimum atomic E-state index is 0.636. The first-order chi connectivity index (χ1) is 8.65. The first kappa shape index (κ1) is 12.6. The molecule has 1 aromatic heterocycles. The predicted octanol–water partition coefficient (Wildman–Crippen LogP) is 3.94. The quantitative estimate of drug-likeness (QED) is 0.906. The van der Waals surface area contributed by atoms with Crippen molar-refractivity contribution in [3.8, 4) is 6.07 Å². The van der Waals surface area contributed by atoms with E-state index in [9.17, 15) is 0 Å². The molecule has 0 saturated carbocycles. The van der Waals surface area contributed by atoms with Crippen LogP contribution in [-0.2, 0) is 6.42 Å². The van der Waals surface area contributed by atoms with Gasteiger partial charge >= 0.3 is 0 Å². The first-order valence-corrected chi connectivity index (χ1v) is 6.66. The maximum atomic E-state index is 9.08. The summed E-state index contributed by atoms with van der Waals surface area (Å²) in [5.74, 6) is 0. The summed E-state index contributed by atoms with van der Waals surface area (Å²) in [5.41, 5.74) is 5.04. The largest absolute Gasteiger partial charge is 0.345 e. The highest BCUT2D eigenvalue weighted by atomic mass is 32.1. The van der Waals surface area contributed by atoms with Crippen molar-refractivity contribution in [2.75, 3.05) is 5.32 Å². The maximum absolute atomic E-state index is 9.08. The van der Waals surface area contributed by atoms with Gasteiger partial charge in [-0.25, -0.2) is 0 Å². The lowest BCUT2D eigenvalue weighted by Gasteiger charge is -2.08. The summed E-state index contributed by atoms with van der Waals surface area (Å²) < 4.78 is 4.20. The molecule has 0 amide bonds. The summed E-state index contributed by atoms with van der Waals surface area (Å²) in [6.07, 6.45) is 1.04. The molecule has 1 N–H and O–H groups in total. The van der Waals surface area contributed by atoms with Crippen LogP contribution in [0.3, 0.4) is 0 Å². The zero-order valence-corrected chi connectivity index (χ0v) is 11.6. The van der Waals surface area contributed by atoms with Gasteiger partial charge in [0.15, 0.2) is 0 Å². The SMILES string of the molecule is CCc1ccc(Nc2snc(C)c2C#N)cc1C. The zero-order valence-electron chi connectivity index (χ0n) is 10.7. The molecule has 0 atom stereocenters. The maximum Gasteiger partial charge on any atom is 0.132 e. The number of nitrogens with zero attached hydrogens (tertiary/aromatic N) is 2.